The van der Waals surface area contributed by atoms with Crippen molar-refractivity contribution in [3.8, 4) is 0 Å². The number of aromatic nitrogens is 3. The van der Waals surface area contributed by atoms with E-state index in [1.165, 1.54) is 29.4 Å². The third-order valence-electron chi connectivity index (χ3n) is 6.27. The lowest BCUT2D eigenvalue weighted by Gasteiger charge is -2.29. The molecule has 0 radical (unpaired) electrons. The highest BCUT2D eigenvalue weighted by atomic mass is 35.5. The van der Waals surface area contributed by atoms with Crippen LogP contribution in [-0.4, -0.2) is 37.1 Å². The third kappa shape index (κ3) is 4.23. The van der Waals surface area contributed by atoms with Crippen molar-refractivity contribution in [3.05, 3.63) is 94.4 Å². The second kappa shape index (κ2) is 9.48. The van der Waals surface area contributed by atoms with Gasteiger partial charge in [-0.05, 0) is 62.5 Å². The summed E-state index contributed by atoms with van der Waals surface area (Å²) >= 11 is 11.8. The monoisotopic (exact) mass is 547 g/mol. The van der Waals surface area contributed by atoms with Gasteiger partial charge in [-0.15, -0.1) is 10.2 Å². The van der Waals surface area contributed by atoms with Crippen LogP contribution in [0.2, 0.25) is 5.02 Å². The number of carbonyl (C=O) groups excluding carboxylic acids is 2. The van der Waals surface area contributed by atoms with Gasteiger partial charge in [0.1, 0.15) is 17.7 Å². The van der Waals surface area contributed by atoms with Crippen molar-refractivity contribution in [2.45, 2.75) is 25.9 Å². The van der Waals surface area contributed by atoms with Crippen molar-refractivity contribution < 1.29 is 14.0 Å². The van der Waals surface area contributed by atoms with Crippen LogP contribution in [0.15, 0.2) is 61.1 Å². The van der Waals surface area contributed by atoms with Gasteiger partial charge >= 0.3 is 0 Å². The molecule has 2 aromatic carbocycles. The Balaban J connectivity index is 1.36. The number of anilines is 2. The Kier molecular flexibility index (Phi) is 6.30. The summed E-state index contributed by atoms with van der Waals surface area (Å²) in [5, 5.41) is 10.7. The summed E-state index contributed by atoms with van der Waals surface area (Å²) in [5.74, 6) is -1.27. The van der Waals surface area contributed by atoms with Crippen LogP contribution in [0.3, 0.4) is 0 Å². The highest BCUT2D eigenvalue weighted by molar-refractivity contribution is 7.81. The number of carbonyl (C=O) groups is 2. The summed E-state index contributed by atoms with van der Waals surface area (Å²) in [6.45, 7) is 10.5. The maximum atomic E-state index is 15.2. The molecule has 190 valence electrons. The average Bonchev–Trinajstić information content (AvgIpc) is 3.42. The van der Waals surface area contributed by atoms with Crippen LogP contribution in [0, 0.1) is 12.4 Å². The van der Waals surface area contributed by atoms with Crippen molar-refractivity contribution in [3.63, 3.8) is 0 Å². The number of amides is 2. The van der Waals surface area contributed by atoms with Gasteiger partial charge in [-0.2, -0.15) is 0 Å². The molecule has 3 heterocycles. The molecule has 38 heavy (non-hydrogen) atoms. The van der Waals surface area contributed by atoms with Gasteiger partial charge in [0.15, 0.2) is 10.8 Å². The lowest BCUT2D eigenvalue weighted by molar-refractivity contribution is -0.120. The molecule has 1 saturated heterocycles. The molecule has 0 bridgehead atoms. The summed E-state index contributed by atoms with van der Waals surface area (Å²) in [7, 11) is 0. The summed E-state index contributed by atoms with van der Waals surface area (Å²) in [6, 6.07) is 12.4. The zero-order valence-corrected chi connectivity index (χ0v) is 21.7. The summed E-state index contributed by atoms with van der Waals surface area (Å²) in [5.41, 5.74) is 1.18. The van der Waals surface area contributed by atoms with Gasteiger partial charge in [0.25, 0.3) is 11.8 Å². The smallest absolute Gasteiger partial charge is 0.259 e. The van der Waals surface area contributed by atoms with E-state index in [1.807, 2.05) is 0 Å². The number of benzene rings is 2. The molecule has 0 aliphatic carbocycles. The van der Waals surface area contributed by atoms with E-state index >= 15 is 4.39 Å². The van der Waals surface area contributed by atoms with Crippen molar-refractivity contribution in [2.24, 2.45) is 0 Å². The van der Waals surface area contributed by atoms with Crippen molar-refractivity contribution >= 4 is 63.5 Å². The Morgan fingerprint density at radius 3 is 2.66 bits per heavy atom. The molecule has 0 unspecified atom stereocenters. The Hall–Kier alpha value is -4.40. The number of halogens is 2. The van der Waals surface area contributed by atoms with Gasteiger partial charge < -0.3 is 10.2 Å². The molecule has 0 atom stereocenters. The Morgan fingerprint density at radius 1 is 1.18 bits per heavy atom. The predicted octanol–water partition coefficient (Wildman–Crippen LogP) is 4.92. The third-order valence-corrected chi connectivity index (χ3v) is 6.93. The number of nitrogens with zero attached hydrogens (tertiary/aromatic N) is 6. The fraction of sp³-hybridized carbons (Fsp3) is 0.154. The van der Waals surface area contributed by atoms with E-state index in [4.69, 9.17) is 30.4 Å². The quantitative estimate of drug-likeness (QED) is 0.282. The first-order valence-electron chi connectivity index (χ1n) is 11.3. The molecule has 9 nitrogen and oxygen atoms in total. The van der Waals surface area contributed by atoms with Gasteiger partial charge in [0, 0.05) is 29.0 Å². The fourth-order valence-corrected chi connectivity index (χ4v) is 4.98. The lowest BCUT2D eigenvalue weighted by Crippen LogP contribution is -2.44. The van der Waals surface area contributed by atoms with Gasteiger partial charge in [-0.3, -0.25) is 18.9 Å². The maximum absolute atomic E-state index is 15.2. The number of pyridine rings is 1. The van der Waals surface area contributed by atoms with E-state index in [0.29, 0.717) is 22.6 Å². The van der Waals surface area contributed by atoms with Crippen LogP contribution in [0.25, 0.3) is 10.5 Å². The largest absolute Gasteiger partial charge is 0.348 e. The van der Waals surface area contributed by atoms with Crippen LogP contribution >= 0.6 is 23.8 Å². The van der Waals surface area contributed by atoms with E-state index in [0.717, 1.165) is 0 Å². The highest BCUT2D eigenvalue weighted by Crippen LogP contribution is 2.39. The van der Waals surface area contributed by atoms with Gasteiger partial charge in [0.2, 0.25) is 5.69 Å². The van der Waals surface area contributed by atoms with Gasteiger partial charge in [0.05, 0.1) is 17.8 Å². The number of rotatable bonds is 5. The minimum absolute atomic E-state index is 0.0457. The first kappa shape index (κ1) is 25.3. The van der Waals surface area contributed by atoms with Crippen LogP contribution in [0.1, 0.15) is 29.8 Å². The van der Waals surface area contributed by atoms with E-state index in [-0.39, 0.29) is 39.7 Å². The Morgan fingerprint density at radius 2 is 1.95 bits per heavy atom. The highest BCUT2D eigenvalue weighted by Gasteiger charge is 2.50. The predicted molar refractivity (Wildman–Crippen MR) is 145 cm³/mol. The molecule has 4 aromatic rings. The molecule has 1 N–H and O–H groups in total. The van der Waals surface area contributed by atoms with Crippen LogP contribution in [0.4, 0.5) is 21.5 Å². The molecule has 1 aliphatic rings. The normalized spacial score (nSPS) is 14.7. The number of nitrogens with one attached hydrogen (secondary N) is 1. The summed E-state index contributed by atoms with van der Waals surface area (Å²) in [4.78, 5) is 32.2. The second-order valence-electron chi connectivity index (χ2n) is 9.04. The van der Waals surface area contributed by atoms with Crippen LogP contribution in [-0.2, 0) is 11.3 Å². The van der Waals surface area contributed by atoms with E-state index in [2.05, 4.69) is 20.4 Å². The summed E-state index contributed by atoms with van der Waals surface area (Å²) in [6.07, 6.45) is 3.07. The SMILES string of the molecule is [C-]#[N+]c1ccc(N2C(=O)C(C)(C)N(c3ccc(CNC(=O)c4ccc5nncn5c4)c(F)c3)C2=S)cc1Cl. The Labute approximate surface area is 227 Å². The zero-order chi connectivity index (χ0) is 27.2. The molecular weight excluding hydrogens is 529 g/mol. The minimum atomic E-state index is -1.12. The molecule has 2 aromatic heterocycles. The molecule has 5 rings (SSSR count). The van der Waals surface area contributed by atoms with Gasteiger partial charge in [-0.1, -0.05) is 23.7 Å². The molecular formula is C26H19ClFN7O2S. The van der Waals surface area contributed by atoms with Crippen molar-refractivity contribution in [1.29, 1.82) is 0 Å². The van der Waals surface area contributed by atoms with Crippen molar-refractivity contribution in [1.82, 2.24) is 19.9 Å². The molecule has 1 aliphatic heterocycles. The first-order chi connectivity index (χ1) is 18.1. The zero-order valence-electron chi connectivity index (χ0n) is 20.1. The van der Waals surface area contributed by atoms with Crippen molar-refractivity contribution in [2.75, 3.05) is 9.80 Å². The molecule has 12 heteroatoms. The molecule has 0 saturated carbocycles. The van der Waals surface area contributed by atoms with Gasteiger partial charge in [-0.25, -0.2) is 9.24 Å². The number of thiocarbonyl (C=S) groups is 1. The second-order valence-corrected chi connectivity index (χ2v) is 9.81. The fourth-order valence-electron chi connectivity index (χ4n) is 4.24. The topological polar surface area (TPSA) is 87.2 Å². The average molecular weight is 548 g/mol. The number of fused-ring (bicyclic) bond motifs is 1. The van der Waals surface area contributed by atoms with E-state index in [9.17, 15) is 9.59 Å². The number of hydrogen-bond donors (Lipinski definition) is 1. The Bertz CT molecular complexity index is 1680. The summed E-state index contributed by atoms with van der Waals surface area (Å²) < 4.78 is 16.8. The van der Waals surface area contributed by atoms with E-state index < -0.39 is 11.4 Å². The molecule has 1 fully saturated rings. The van der Waals surface area contributed by atoms with Crippen LogP contribution in [0.5, 0.6) is 0 Å². The standard InChI is InChI=1S/C26H19ClFN7O2S/c1-26(2)24(37)34(17-7-8-21(29-3)19(27)10-17)25(38)35(26)18-6-4-15(20(28)11-18)12-30-23(36)16-5-9-22-32-31-14-33(22)13-16/h4-11,13-14H,12H2,1-2H3,(H,30,36). The molecule has 2 amide bonds. The molecule has 0 spiro atoms. The lowest BCUT2D eigenvalue weighted by atomic mass is 10.0. The first-order valence-corrected chi connectivity index (χ1v) is 12.1. The van der Waals surface area contributed by atoms with E-state index in [1.54, 1.807) is 59.7 Å². The minimum Gasteiger partial charge on any atom is -0.348 e. The number of hydrogen-bond acceptors (Lipinski definition) is 5. The maximum Gasteiger partial charge on any atom is 0.259 e. The van der Waals surface area contributed by atoms with Crippen LogP contribution < -0.4 is 15.1 Å².